The average Bonchev–Trinajstić information content (AvgIpc) is 2.50. The molecule has 0 bridgehead atoms. The van der Waals surface area contributed by atoms with Gasteiger partial charge in [-0.05, 0) is 12.5 Å². The number of nitro groups is 1. The van der Waals surface area contributed by atoms with Crippen molar-refractivity contribution in [2.75, 3.05) is 33.4 Å². The molecule has 116 valence electrons. The predicted octanol–water partition coefficient (Wildman–Crippen LogP) is 1.17. The maximum absolute atomic E-state index is 12.4. The summed E-state index contributed by atoms with van der Waals surface area (Å²) in [5.74, 6) is -0.713. The monoisotopic (exact) mass is 296 g/mol. The van der Waals surface area contributed by atoms with Gasteiger partial charge in [-0.25, -0.2) is 0 Å². The van der Waals surface area contributed by atoms with E-state index in [1.807, 2.05) is 0 Å². The number of nitrogens with zero attached hydrogens (tertiary/aromatic N) is 2. The molecule has 0 fully saturated rings. The molecule has 0 aliphatic rings. The summed E-state index contributed by atoms with van der Waals surface area (Å²) < 4.78 is 4.94. The first kappa shape index (κ1) is 17.1. The molecule has 1 atom stereocenters. The van der Waals surface area contributed by atoms with Crippen molar-refractivity contribution in [1.29, 1.82) is 0 Å². The number of ether oxygens (including phenoxy) is 1. The number of rotatable bonds is 8. The number of amides is 1. The first-order valence-electron chi connectivity index (χ1n) is 6.64. The molecule has 0 radical (unpaired) electrons. The van der Waals surface area contributed by atoms with Gasteiger partial charge in [0.15, 0.2) is 0 Å². The molecule has 1 aromatic carbocycles. The van der Waals surface area contributed by atoms with Crippen molar-refractivity contribution in [1.82, 2.24) is 4.90 Å². The zero-order chi connectivity index (χ0) is 15.8. The standard InChI is InChI=1S/C14H20N2O5/c1-11(12-4-3-5-13(10-12)16(19)20)14(18)15(6-8-17)7-9-21-2/h3-5,10-11,17H,6-9H2,1-2H3. The minimum atomic E-state index is -0.520. The molecule has 0 saturated carbocycles. The van der Waals surface area contributed by atoms with Crippen molar-refractivity contribution in [3.63, 3.8) is 0 Å². The number of carbonyl (C=O) groups excluding carboxylic acids is 1. The fraction of sp³-hybridized carbons (Fsp3) is 0.500. The van der Waals surface area contributed by atoms with Crippen LogP contribution >= 0.6 is 0 Å². The number of hydrogen-bond donors (Lipinski definition) is 1. The van der Waals surface area contributed by atoms with Crippen molar-refractivity contribution >= 4 is 11.6 Å². The first-order chi connectivity index (χ1) is 10.0. The third-order valence-corrected chi connectivity index (χ3v) is 3.20. The summed E-state index contributed by atoms with van der Waals surface area (Å²) >= 11 is 0. The lowest BCUT2D eigenvalue weighted by atomic mass is 9.99. The molecule has 1 N–H and O–H groups in total. The second kappa shape index (κ2) is 8.33. The Hall–Kier alpha value is -1.99. The van der Waals surface area contributed by atoms with Crippen molar-refractivity contribution < 1.29 is 19.6 Å². The summed E-state index contributed by atoms with van der Waals surface area (Å²) in [4.78, 5) is 24.2. The van der Waals surface area contributed by atoms with E-state index in [1.54, 1.807) is 19.1 Å². The number of aliphatic hydroxyl groups is 1. The normalized spacial score (nSPS) is 12.0. The highest BCUT2D eigenvalue weighted by Crippen LogP contribution is 2.22. The van der Waals surface area contributed by atoms with E-state index >= 15 is 0 Å². The van der Waals surface area contributed by atoms with Gasteiger partial charge < -0.3 is 14.7 Å². The third kappa shape index (κ3) is 4.80. The topological polar surface area (TPSA) is 92.9 Å². The van der Waals surface area contributed by atoms with E-state index in [2.05, 4.69) is 0 Å². The Kier molecular flexibility index (Phi) is 6.77. The van der Waals surface area contributed by atoms with Gasteiger partial charge in [-0.2, -0.15) is 0 Å². The molecule has 0 aromatic heterocycles. The van der Waals surface area contributed by atoms with Gasteiger partial charge >= 0.3 is 0 Å². The molecule has 7 nitrogen and oxygen atoms in total. The van der Waals surface area contributed by atoms with E-state index in [4.69, 9.17) is 9.84 Å². The highest BCUT2D eigenvalue weighted by atomic mass is 16.6. The Balaban J connectivity index is 2.88. The Morgan fingerprint density at radius 2 is 2.19 bits per heavy atom. The number of aliphatic hydroxyl groups excluding tert-OH is 1. The Morgan fingerprint density at radius 1 is 1.48 bits per heavy atom. The number of benzene rings is 1. The second-order valence-corrected chi connectivity index (χ2v) is 4.62. The lowest BCUT2D eigenvalue weighted by Crippen LogP contribution is -2.38. The van der Waals surface area contributed by atoms with E-state index in [-0.39, 0.29) is 24.7 Å². The molecule has 0 aliphatic carbocycles. The van der Waals surface area contributed by atoms with Crippen LogP contribution < -0.4 is 0 Å². The lowest BCUT2D eigenvalue weighted by Gasteiger charge is -2.25. The number of carbonyl (C=O) groups is 1. The molecular weight excluding hydrogens is 276 g/mol. The van der Waals surface area contributed by atoms with Crippen LogP contribution in [0.15, 0.2) is 24.3 Å². The van der Waals surface area contributed by atoms with Crippen LogP contribution in [0.1, 0.15) is 18.4 Å². The molecule has 0 spiro atoms. The van der Waals surface area contributed by atoms with E-state index in [0.717, 1.165) is 0 Å². The first-order valence-corrected chi connectivity index (χ1v) is 6.64. The van der Waals surface area contributed by atoms with Crippen LogP contribution in [0.25, 0.3) is 0 Å². The van der Waals surface area contributed by atoms with Crippen LogP contribution in [0.3, 0.4) is 0 Å². The third-order valence-electron chi connectivity index (χ3n) is 3.20. The van der Waals surface area contributed by atoms with Gasteiger partial charge in [0.25, 0.3) is 5.69 Å². The summed E-state index contributed by atoms with van der Waals surface area (Å²) in [6.45, 7) is 2.50. The van der Waals surface area contributed by atoms with Crippen molar-refractivity contribution in [3.8, 4) is 0 Å². The minimum absolute atomic E-state index is 0.0438. The highest BCUT2D eigenvalue weighted by Gasteiger charge is 2.22. The summed E-state index contributed by atoms with van der Waals surface area (Å²) in [6, 6.07) is 6.03. The lowest BCUT2D eigenvalue weighted by molar-refractivity contribution is -0.384. The largest absolute Gasteiger partial charge is 0.395 e. The van der Waals surface area contributed by atoms with E-state index < -0.39 is 10.8 Å². The van der Waals surface area contributed by atoms with Gasteiger partial charge in [-0.1, -0.05) is 12.1 Å². The van der Waals surface area contributed by atoms with Crippen LogP contribution in [0.5, 0.6) is 0 Å². The number of nitro benzene ring substituents is 1. The molecule has 0 heterocycles. The van der Waals surface area contributed by atoms with Crippen LogP contribution in [0.4, 0.5) is 5.69 Å². The number of hydrogen-bond acceptors (Lipinski definition) is 5. The highest BCUT2D eigenvalue weighted by molar-refractivity contribution is 5.83. The molecule has 1 aromatic rings. The van der Waals surface area contributed by atoms with Gasteiger partial charge in [0.05, 0.1) is 24.1 Å². The van der Waals surface area contributed by atoms with Crippen LogP contribution in [-0.2, 0) is 9.53 Å². The molecule has 21 heavy (non-hydrogen) atoms. The molecular formula is C14H20N2O5. The van der Waals surface area contributed by atoms with E-state index in [0.29, 0.717) is 18.7 Å². The van der Waals surface area contributed by atoms with Crippen molar-refractivity contribution in [3.05, 3.63) is 39.9 Å². The Labute approximate surface area is 123 Å². The maximum Gasteiger partial charge on any atom is 0.269 e. The molecule has 7 heteroatoms. The average molecular weight is 296 g/mol. The Bertz CT molecular complexity index is 492. The number of non-ortho nitro benzene ring substituents is 1. The smallest absolute Gasteiger partial charge is 0.269 e. The number of methoxy groups -OCH3 is 1. The van der Waals surface area contributed by atoms with Crippen molar-refractivity contribution in [2.24, 2.45) is 0 Å². The zero-order valence-electron chi connectivity index (χ0n) is 12.2. The SMILES string of the molecule is COCCN(CCO)C(=O)C(C)c1cccc([N+](=O)[O-])c1. The predicted molar refractivity (Wildman–Crippen MR) is 77.1 cm³/mol. The molecule has 1 unspecified atom stereocenters. The van der Waals surface area contributed by atoms with Gasteiger partial charge in [-0.15, -0.1) is 0 Å². The quantitative estimate of drug-likeness (QED) is 0.574. The summed E-state index contributed by atoms with van der Waals surface area (Å²) in [5.41, 5.74) is 0.535. The van der Waals surface area contributed by atoms with E-state index in [9.17, 15) is 14.9 Å². The van der Waals surface area contributed by atoms with Gasteiger partial charge in [0.1, 0.15) is 0 Å². The maximum atomic E-state index is 12.4. The summed E-state index contributed by atoms with van der Waals surface area (Å²) in [6.07, 6.45) is 0. The summed E-state index contributed by atoms with van der Waals surface area (Å²) in [5, 5.41) is 19.8. The minimum Gasteiger partial charge on any atom is -0.395 e. The van der Waals surface area contributed by atoms with Gasteiger partial charge in [-0.3, -0.25) is 14.9 Å². The van der Waals surface area contributed by atoms with Gasteiger partial charge in [0.2, 0.25) is 5.91 Å². The molecule has 0 saturated heterocycles. The van der Waals surface area contributed by atoms with Crippen LogP contribution in [-0.4, -0.2) is 54.3 Å². The fourth-order valence-electron chi connectivity index (χ4n) is 1.98. The van der Waals surface area contributed by atoms with Gasteiger partial charge in [0, 0.05) is 32.3 Å². The van der Waals surface area contributed by atoms with Crippen LogP contribution in [0, 0.1) is 10.1 Å². The summed E-state index contributed by atoms with van der Waals surface area (Å²) in [7, 11) is 1.53. The van der Waals surface area contributed by atoms with Crippen LogP contribution in [0.2, 0.25) is 0 Å². The molecule has 1 amide bonds. The van der Waals surface area contributed by atoms with Crippen molar-refractivity contribution in [2.45, 2.75) is 12.8 Å². The molecule has 0 aliphatic heterocycles. The zero-order valence-corrected chi connectivity index (χ0v) is 12.2. The molecule has 1 rings (SSSR count). The Morgan fingerprint density at radius 3 is 2.76 bits per heavy atom. The fourth-order valence-corrected chi connectivity index (χ4v) is 1.98. The van der Waals surface area contributed by atoms with E-state index in [1.165, 1.54) is 24.1 Å². The second-order valence-electron chi connectivity index (χ2n) is 4.62.